The molecule has 1 unspecified atom stereocenters. The van der Waals surface area contributed by atoms with E-state index in [4.69, 9.17) is 4.74 Å². The lowest BCUT2D eigenvalue weighted by Crippen LogP contribution is -2.57. The van der Waals surface area contributed by atoms with Crippen molar-refractivity contribution in [1.82, 2.24) is 19.8 Å². The van der Waals surface area contributed by atoms with Crippen LogP contribution in [0.25, 0.3) is 0 Å². The van der Waals surface area contributed by atoms with Gasteiger partial charge in [0, 0.05) is 32.7 Å². The predicted octanol–water partition coefficient (Wildman–Crippen LogP) is 1.15. The van der Waals surface area contributed by atoms with Crippen LogP contribution in [-0.4, -0.2) is 81.2 Å². The van der Waals surface area contributed by atoms with E-state index in [1.807, 2.05) is 27.7 Å². The molecule has 3 rings (SSSR count). The van der Waals surface area contributed by atoms with Crippen molar-refractivity contribution in [2.75, 3.05) is 39.3 Å². The van der Waals surface area contributed by atoms with Crippen molar-refractivity contribution in [1.29, 1.82) is 0 Å². The Kier molecular flexibility index (Phi) is 6.56. The molecule has 0 bridgehead atoms. The van der Waals surface area contributed by atoms with Gasteiger partial charge < -0.3 is 19.9 Å². The standard InChI is InChI=1S/C20H31N5O4S/c1-15-5-7-17(8-6-15)30(27,28)23-10-9-21-18-22-13-16-14-24(11-12-25(16)18)19(26)29-20(2,3)4/h5-8,16,23H,9-14H2,1-4H3,(H,21,22). The lowest BCUT2D eigenvalue weighted by molar-refractivity contribution is 0.0137. The molecule has 1 aromatic carbocycles. The van der Waals surface area contributed by atoms with Crippen molar-refractivity contribution in [3.8, 4) is 0 Å². The summed E-state index contributed by atoms with van der Waals surface area (Å²) in [5.74, 6) is 0.748. The summed E-state index contributed by atoms with van der Waals surface area (Å²) in [6.45, 7) is 10.5. The van der Waals surface area contributed by atoms with Crippen LogP contribution in [0.4, 0.5) is 4.79 Å². The summed E-state index contributed by atoms with van der Waals surface area (Å²) < 4.78 is 32.7. The fraction of sp³-hybridized carbons (Fsp3) is 0.600. The Labute approximate surface area is 178 Å². The van der Waals surface area contributed by atoms with Gasteiger partial charge in [-0.25, -0.2) is 17.9 Å². The number of rotatable bonds is 5. The number of sulfonamides is 1. The van der Waals surface area contributed by atoms with Gasteiger partial charge in [-0.1, -0.05) is 17.7 Å². The average molecular weight is 438 g/mol. The van der Waals surface area contributed by atoms with Gasteiger partial charge in [0.05, 0.1) is 17.5 Å². The molecule has 9 nitrogen and oxygen atoms in total. The minimum absolute atomic E-state index is 0.109. The summed E-state index contributed by atoms with van der Waals surface area (Å²) >= 11 is 0. The van der Waals surface area contributed by atoms with E-state index in [2.05, 4.69) is 19.9 Å². The van der Waals surface area contributed by atoms with Crippen molar-refractivity contribution < 1.29 is 17.9 Å². The molecule has 10 heteroatoms. The molecule has 1 atom stereocenters. The van der Waals surface area contributed by atoms with Gasteiger partial charge in [0.2, 0.25) is 10.0 Å². The summed E-state index contributed by atoms with van der Waals surface area (Å²) in [6, 6.07) is 6.86. The molecular weight excluding hydrogens is 406 g/mol. The number of carbonyl (C=O) groups excluding carboxylic acids is 1. The number of ether oxygens (including phenoxy) is 1. The van der Waals surface area contributed by atoms with E-state index in [-0.39, 0.29) is 23.6 Å². The van der Waals surface area contributed by atoms with E-state index < -0.39 is 15.6 Å². The third-order valence-electron chi connectivity index (χ3n) is 4.89. The number of piperazine rings is 1. The third kappa shape index (κ3) is 5.63. The Balaban J connectivity index is 1.44. The number of aliphatic imine (C=N–C) groups is 1. The molecule has 0 aromatic heterocycles. The number of benzene rings is 1. The van der Waals surface area contributed by atoms with E-state index in [0.717, 1.165) is 11.5 Å². The molecule has 0 aliphatic carbocycles. The summed E-state index contributed by atoms with van der Waals surface area (Å²) in [5.41, 5.74) is 0.495. The number of hydrogen-bond donors (Lipinski definition) is 2. The molecule has 1 fully saturated rings. The Morgan fingerprint density at radius 2 is 1.90 bits per heavy atom. The maximum absolute atomic E-state index is 12.3. The zero-order valence-electron chi connectivity index (χ0n) is 18.0. The van der Waals surface area contributed by atoms with Gasteiger partial charge in [-0.2, -0.15) is 0 Å². The molecule has 2 N–H and O–H groups in total. The first-order valence-corrected chi connectivity index (χ1v) is 11.6. The number of nitrogens with zero attached hydrogens (tertiary/aromatic N) is 3. The predicted molar refractivity (Wildman–Crippen MR) is 115 cm³/mol. The summed E-state index contributed by atoms with van der Waals surface area (Å²) in [5, 5.41) is 3.21. The topological polar surface area (TPSA) is 103 Å². The van der Waals surface area contributed by atoms with Crippen LogP contribution in [0.5, 0.6) is 0 Å². The van der Waals surface area contributed by atoms with Gasteiger partial charge in [0.25, 0.3) is 0 Å². The summed E-state index contributed by atoms with van der Waals surface area (Å²) in [7, 11) is -3.53. The lowest BCUT2D eigenvalue weighted by Gasteiger charge is -2.39. The normalized spacial score (nSPS) is 19.3. The highest BCUT2D eigenvalue weighted by Gasteiger charge is 2.36. The van der Waals surface area contributed by atoms with Gasteiger partial charge in [0.1, 0.15) is 5.60 Å². The minimum atomic E-state index is -3.53. The Morgan fingerprint density at radius 3 is 2.57 bits per heavy atom. The maximum atomic E-state index is 12.3. The first-order chi connectivity index (χ1) is 14.0. The van der Waals surface area contributed by atoms with Crippen molar-refractivity contribution in [2.45, 2.75) is 44.2 Å². The van der Waals surface area contributed by atoms with E-state index in [0.29, 0.717) is 32.7 Å². The van der Waals surface area contributed by atoms with Gasteiger partial charge in [0.15, 0.2) is 5.96 Å². The fourth-order valence-corrected chi connectivity index (χ4v) is 4.42. The van der Waals surface area contributed by atoms with Crippen molar-refractivity contribution in [2.24, 2.45) is 4.99 Å². The quantitative estimate of drug-likeness (QED) is 0.670. The van der Waals surface area contributed by atoms with Gasteiger partial charge in [-0.3, -0.25) is 4.99 Å². The molecule has 30 heavy (non-hydrogen) atoms. The summed E-state index contributed by atoms with van der Waals surface area (Å²) in [4.78, 5) is 20.9. The van der Waals surface area contributed by atoms with Crippen LogP contribution >= 0.6 is 0 Å². The maximum Gasteiger partial charge on any atom is 0.410 e. The second-order valence-corrected chi connectivity index (χ2v) is 10.3. The number of fused-ring (bicyclic) bond motifs is 1. The van der Waals surface area contributed by atoms with Crippen LogP contribution in [0.2, 0.25) is 0 Å². The van der Waals surface area contributed by atoms with Crippen LogP contribution < -0.4 is 10.0 Å². The number of aryl methyl sites for hydroxylation is 1. The van der Waals surface area contributed by atoms with Crippen molar-refractivity contribution in [3.63, 3.8) is 0 Å². The number of nitrogens with one attached hydrogen (secondary N) is 2. The first kappa shape index (κ1) is 22.4. The molecule has 0 radical (unpaired) electrons. The highest BCUT2D eigenvalue weighted by atomic mass is 32.2. The SMILES string of the molecule is Cc1ccc(S(=O)(=O)NCCNC2=NCC3CN(C(=O)OC(C)(C)C)CCN23)cc1. The average Bonchev–Trinajstić information content (AvgIpc) is 3.06. The number of guanidine groups is 1. The second-order valence-electron chi connectivity index (χ2n) is 8.58. The second kappa shape index (κ2) is 8.81. The number of hydrogen-bond acceptors (Lipinski definition) is 7. The van der Waals surface area contributed by atoms with E-state index >= 15 is 0 Å². The van der Waals surface area contributed by atoms with Crippen LogP contribution in [-0.2, 0) is 14.8 Å². The molecule has 2 aliphatic heterocycles. The minimum Gasteiger partial charge on any atom is -0.444 e. The van der Waals surface area contributed by atoms with Crippen molar-refractivity contribution in [3.05, 3.63) is 29.8 Å². The molecule has 1 saturated heterocycles. The van der Waals surface area contributed by atoms with Gasteiger partial charge in [-0.05, 0) is 39.8 Å². The number of amides is 1. The molecule has 0 spiro atoms. The first-order valence-electron chi connectivity index (χ1n) is 10.1. The lowest BCUT2D eigenvalue weighted by atomic mass is 10.2. The highest BCUT2D eigenvalue weighted by Crippen LogP contribution is 2.18. The highest BCUT2D eigenvalue weighted by molar-refractivity contribution is 7.89. The Bertz CT molecular complexity index is 893. The van der Waals surface area contributed by atoms with Crippen molar-refractivity contribution >= 4 is 22.1 Å². The van der Waals surface area contributed by atoms with E-state index in [1.54, 1.807) is 29.2 Å². The number of carbonyl (C=O) groups is 1. The van der Waals surface area contributed by atoms with Gasteiger partial charge in [-0.15, -0.1) is 0 Å². The largest absolute Gasteiger partial charge is 0.444 e. The zero-order valence-corrected chi connectivity index (χ0v) is 18.8. The van der Waals surface area contributed by atoms with Crippen LogP contribution in [0.1, 0.15) is 26.3 Å². The fourth-order valence-electron chi connectivity index (χ4n) is 3.38. The molecule has 2 heterocycles. The molecule has 1 aromatic rings. The zero-order chi connectivity index (χ0) is 21.9. The van der Waals surface area contributed by atoms with E-state index in [9.17, 15) is 13.2 Å². The summed E-state index contributed by atoms with van der Waals surface area (Å²) in [6.07, 6.45) is -0.297. The Morgan fingerprint density at radius 1 is 1.20 bits per heavy atom. The Hall–Kier alpha value is -2.33. The smallest absolute Gasteiger partial charge is 0.410 e. The van der Waals surface area contributed by atoms with Crippen LogP contribution in [0.15, 0.2) is 34.2 Å². The monoisotopic (exact) mass is 437 g/mol. The molecule has 1 amide bonds. The van der Waals surface area contributed by atoms with Crippen LogP contribution in [0.3, 0.4) is 0 Å². The molecule has 166 valence electrons. The molecule has 0 saturated carbocycles. The third-order valence-corrected chi connectivity index (χ3v) is 6.37. The van der Waals surface area contributed by atoms with Gasteiger partial charge >= 0.3 is 6.09 Å². The van der Waals surface area contributed by atoms with E-state index in [1.165, 1.54) is 0 Å². The van der Waals surface area contributed by atoms with Crippen LogP contribution in [0, 0.1) is 6.92 Å². The molecule has 2 aliphatic rings. The molecular formula is C20H31N5O4S.